The standard InChI is InChI=1S/C20H19ClN2O2/c1-11(22-12(2)24)19-15-8-18(25-3)16(21)9-17(15)23-10-13-6-4-5-7-14(13)20(19)23/h4-9,11H,10H2,1-3H3,(H,22,24). The molecule has 0 spiro atoms. The Bertz CT molecular complexity index is 1010. The van der Waals surface area contributed by atoms with Gasteiger partial charge in [0.2, 0.25) is 5.91 Å². The van der Waals surface area contributed by atoms with E-state index in [2.05, 4.69) is 28.1 Å². The SMILES string of the molecule is COc1cc2c(C(C)NC(C)=O)c3n(c2cc1Cl)Cc1ccccc1-3. The van der Waals surface area contributed by atoms with Gasteiger partial charge in [0.1, 0.15) is 5.75 Å². The predicted octanol–water partition coefficient (Wildman–Crippen LogP) is 4.53. The van der Waals surface area contributed by atoms with Gasteiger partial charge in [-0.25, -0.2) is 0 Å². The molecule has 1 amide bonds. The van der Waals surface area contributed by atoms with Crippen LogP contribution in [0.2, 0.25) is 5.02 Å². The maximum Gasteiger partial charge on any atom is 0.217 e. The number of fused-ring (bicyclic) bond motifs is 5. The molecule has 0 saturated heterocycles. The summed E-state index contributed by atoms with van der Waals surface area (Å²) in [6, 6.07) is 12.2. The number of methoxy groups -OCH3 is 1. The third-order valence-electron chi connectivity index (χ3n) is 4.83. The van der Waals surface area contributed by atoms with Crippen LogP contribution in [0.15, 0.2) is 36.4 Å². The van der Waals surface area contributed by atoms with Crippen molar-refractivity contribution in [3.05, 3.63) is 52.5 Å². The van der Waals surface area contributed by atoms with Crippen LogP contribution in [0.3, 0.4) is 0 Å². The number of hydrogen-bond donors (Lipinski definition) is 1. The van der Waals surface area contributed by atoms with Gasteiger partial charge in [-0.05, 0) is 24.6 Å². The van der Waals surface area contributed by atoms with E-state index in [1.165, 1.54) is 11.1 Å². The van der Waals surface area contributed by atoms with Crippen molar-refractivity contribution in [1.82, 2.24) is 9.88 Å². The minimum Gasteiger partial charge on any atom is -0.495 e. The Hall–Kier alpha value is -2.46. The summed E-state index contributed by atoms with van der Waals surface area (Å²) in [6.45, 7) is 4.36. The lowest BCUT2D eigenvalue weighted by atomic mass is 9.98. The molecule has 4 rings (SSSR count). The maximum absolute atomic E-state index is 11.6. The predicted molar refractivity (Wildman–Crippen MR) is 100 cm³/mol. The zero-order valence-corrected chi connectivity index (χ0v) is 15.1. The molecule has 1 unspecified atom stereocenters. The van der Waals surface area contributed by atoms with Crippen molar-refractivity contribution < 1.29 is 9.53 Å². The number of aromatic nitrogens is 1. The van der Waals surface area contributed by atoms with E-state index in [1.807, 2.05) is 25.1 Å². The number of carbonyl (C=O) groups excluding carboxylic acids is 1. The lowest BCUT2D eigenvalue weighted by Gasteiger charge is -2.15. The lowest BCUT2D eigenvalue weighted by Crippen LogP contribution is -2.23. The summed E-state index contributed by atoms with van der Waals surface area (Å²) in [7, 11) is 1.61. The van der Waals surface area contributed by atoms with Crippen molar-refractivity contribution in [2.45, 2.75) is 26.4 Å². The van der Waals surface area contributed by atoms with Crippen molar-refractivity contribution in [1.29, 1.82) is 0 Å². The van der Waals surface area contributed by atoms with Crippen molar-refractivity contribution in [3.8, 4) is 17.0 Å². The third kappa shape index (κ3) is 2.40. The zero-order valence-electron chi connectivity index (χ0n) is 14.4. The molecular weight excluding hydrogens is 336 g/mol. The molecule has 2 aromatic carbocycles. The second-order valence-corrected chi connectivity index (χ2v) is 6.84. The highest BCUT2D eigenvalue weighted by atomic mass is 35.5. The summed E-state index contributed by atoms with van der Waals surface area (Å²) in [5, 5.41) is 4.67. The van der Waals surface area contributed by atoms with Crippen molar-refractivity contribution in [2.75, 3.05) is 7.11 Å². The number of rotatable bonds is 3. The molecule has 128 valence electrons. The molecule has 1 atom stereocenters. The monoisotopic (exact) mass is 354 g/mol. The molecule has 5 heteroatoms. The van der Waals surface area contributed by atoms with Crippen LogP contribution in [0.1, 0.15) is 31.0 Å². The quantitative estimate of drug-likeness (QED) is 0.587. The first-order chi connectivity index (χ1) is 12.0. The second kappa shape index (κ2) is 5.81. The fourth-order valence-electron chi connectivity index (χ4n) is 3.86. The van der Waals surface area contributed by atoms with Crippen LogP contribution in [0.4, 0.5) is 0 Å². The van der Waals surface area contributed by atoms with Gasteiger partial charge in [-0.2, -0.15) is 0 Å². The minimum atomic E-state index is -0.117. The molecule has 2 heterocycles. The summed E-state index contributed by atoms with van der Waals surface area (Å²) in [5.74, 6) is 0.593. The molecule has 0 radical (unpaired) electrons. The largest absolute Gasteiger partial charge is 0.495 e. The van der Waals surface area contributed by atoms with E-state index in [0.29, 0.717) is 10.8 Å². The first-order valence-electron chi connectivity index (χ1n) is 8.26. The molecule has 3 aromatic rings. The molecule has 0 bridgehead atoms. The minimum absolute atomic E-state index is 0.0483. The zero-order chi connectivity index (χ0) is 17.7. The molecular formula is C20H19ClN2O2. The Kier molecular flexibility index (Phi) is 3.73. The number of hydrogen-bond acceptors (Lipinski definition) is 2. The lowest BCUT2D eigenvalue weighted by molar-refractivity contribution is -0.119. The molecule has 0 aliphatic carbocycles. The van der Waals surface area contributed by atoms with E-state index in [4.69, 9.17) is 16.3 Å². The molecule has 4 nitrogen and oxygen atoms in total. The normalized spacial score (nSPS) is 13.4. The number of carbonyl (C=O) groups is 1. The second-order valence-electron chi connectivity index (χ2n) is 6.43. The van der Waals surface area contributed by atoms with Crippen molar-refractivity contribution in [3.63, 3.8) is 0 Å². The van der Waals surface area contributed by atoms with Crippen molar-refractivity contribution in [2.24, 2.45) is 0 Å². The molecule has 0 fully saturated rings. The topological polar surface area (TPSA) is 43.3 Å². The number of amides is 1. The van der Waals surface area contributed by atoms with Gasteiger partial charge in [0.05, 0.1) is 29.4 Å². The van der Waals surface area contributed by atoms with Gasteiger partial charge < -0.3 is 14.6 Å². The number of nitrogens with one attached hydrogen (secondary N) is 1. The van der Waals surface area contributed by atoms with Gasteiger partial charge in [-0.3, -0.25) is 4.79 Å². The Morgan fingerprint density at radius 2 is 2.08 bits per heavy atom. The first kappa shape index (κ1) is 16.0. The van der Waals surface area contributed by atoms with Gasteiger partial charge >= 0.3 is 0 Å². The Morgan fingerprint density at radius 3 is 2.80 bits per heavy atom. The Balaban J connectivity index is 2.05. The van der Waals surface area contributed by atoms with E-state index in [0.717, 1.165) is 28.7 Å². The van der Waals surface area contributed by atoms with Crippen LogP contribution in [0.5, 0.6) is 5.75 Å². The third-order valence-corrected chi connectivity index (χ3v) is 5.13. The van der Waals surface area contributed by atoms with E-state index >= 15 is 0 Å². The molecule has 0 saturated carbocycles. The Morgan fingerprint density at radius 1 is 1.32 bits per heavy atom. The van der Waals surface area contributed by atoms with E-state index < -0.39 is 0 Å². The highest BCUT2D eigenvalue weighted by Crippen LogP contribution is 2.45. The summed E-state index contributed by atoms with van der Waals surface area (Å²) in [4.78, 5) is 11.6. The maximum atomic E-state index is 11.6. The van der Waals surface area contributed by atoms with Gasteiger partial charge in [0.15, 0.2) is 0 Å². The average molecular weight is 355 g/mol. The van der Waals surface area contributed by atoms with Gasteiger partial charge in [0.25, 0.3) is 0 Å². The molecule has 1 aromatic heterocycles. The number of benzene rings is 2. The highest BCUT2D eigenvalue weighted by Gasteiger charge is 2.29. The van der Waals surface area contributed by atoms with Crippen LogP contribution in [0.25, 0.3) is 22.2 Å². The summed E-state index contributed by atoms with van der Waals surface area (Å²) < 4.78 is 7.69. The molecule has 1 N–H and O–H groups in total. The molecule has 25 heavy (non-hydrogen) atoms. The summed E-state index contributed by atoms with van der Waals surface area (Å²) in [5.41, 5.74) is 5.80. The molecule has 1 aliphatic rings. The number of halogens is 1. The Labute approximate surface area is 151 Å². The van der Waals surface area contributed by atoms with Crippen molar-refractivity contribution >= 4 is 28.4 Å². The highest BCUT2D eigenvalue weighted by molar-refractivity contribution is 6.33. The number of ether oxygens (including phenoxy) is 1. The first-order valence-corrected chi connectivity index (χ1v) is 8.64. The number of nitrogens with zero attached hydrogens (tertiary/aromatic N) is 1. The molecule has 1 aliphatic heterocycles. The average Bonchev–Trinajstić information content (AvgIpc) is 3.08. The summed E-state index contributed by atoms with van der Waals surface area (Å²) in [6.07, 6.45) is 0. The van der Waals surface area contributed by atoms with E-state index in [-0.39, 0.29) is 11.9 Å². The van der Waals surface area contributed by atoms with E-state index in [1.54, 1.807) is 14.0 Å². The van der Waals surface area contributed by atoms with Crippen LogP contribution in [-0.4, -0.2) is 17.6 Å². The van der Waals surface area contributed by atoms with Crippen LogP contribution in [0, 0.1) is 0 Å². The van der Waals surface area contributed by atoms with Gasteiger partial charge in [-0.15, -0.1) is 0 Å². The van der Waals surface area contributed by atoms with Gasteiger partial charge in [-0.1, -0.05) is 35.9 Å². The van der Waals surface area contributed by atoms with Crippen LogP contribution >= 0.6 is 11.6 Å². The van der Waals surface area contributed by atoms with E-state index in [9.17, 15) is 4.79 Å². The fourth-order valence-corrected chi connectivity index (χ4v) is 4.10. The van der Waals surface area contributed by atoms with Gasteiger partial charge in [0, 0.05) is 30.0 Å². The smallest absolute Gasteiger partial charge is 0.217 e. The fraction of sp³-hybridized carbons (Fsp3) is 0.250. The summed E-state index contributed by atoms with van der Waals surface area (Å²) >= 11 is 6.38. The van der Waals surface area contributed by atoms with Crippen LogP contribution in [-0.2, 0) is 11.3 Å². The van der Waals surface area contributed by atoms with Crippen LogP contribution < -0.4 is 10.1 Å².